The first-order valence-corrected chi connectivity index (χ1v) is 3.00. The Kier molecular flexibility index (Phi) is 3.49. The molecule has 0 heterocycles. The molecule has 2 unspecified atom stereocenters. The molecular formula is C7H13O. The summed E-state index contributed by atoms with van der Waals surface area (Å²) in [5.41, 5.74) is 0. The van der Waals surface area contributed by atoms with Crippen LogP contribution < -0.4 is 0 Å². The summed E-state index contributed by atoms with van der Waals surface area (Å²) >= 11 is 0. The molecule has 1 heteroatoms. The third-order valence-corrected chi connectivity index (χ3v) is 1.48. The zero-order valence-electron chi connectivity index (χ0n) is 5.55. The Bertz CT molecular complexity index is 68.8. The lowest BCUT2D eigenvalue weighted by atomic mass is 9.95. The molecule has 0 aliphatic carbocycles. The van der Waals surface area contributed by atoms with Crippen molar-refractivity contribution in [1.29, 1.82) is 0 Å². The second kappa shape index (κ2) is 3.65. The Hall–Kier alpha value is -0.330. The first-order chi connectivity index (χ1) is 3.72. The van der Waals surface area contributed by atoms with Crippen molar-refractivity contribution >= 4 is 6.29 Å². The maximum atomic E-state index is 10.1. The Labute approximate surface area is 51.1 Å². The van der Waals surface area contributed by atoms with Crippen molar-refractivity contribution in [3.8, 4) is 0 Å². The molecule has 0 fully saturated rings. The van der Waals surface area contributed by atoms with E-state index < -0.39 is 0 Å². The van der Waals surface area contributed by atoms with Gasteiger partial charge in [-0.3, -0.25) is 0 Å². The molecule has 0 N–H and O–H groups in total. The van der Waals surface area contributed by atoms with Gasteiger partial charge in [-0.05, 0) is 12.8 Å². The summed E-state index contributed by atoms with van der Waals surface area (Å²) in [5.74, 6) is 0.424. The maximum Gasteiger partial charge on any atom is 0.123 e. The van der Waals surface area contributed by atoms with Gasteiger partial charge in [-0.1, -0.05) is 20.3 Å². The lowest BCUT2D eigenvalue weighted by Crippen LogP contribution is -2.07. The van der Waals surface area contributed by atoms with E-state index in [0.717, 1.165) is 12.7 Å². The zero-order valence-corrected chi connectivity index (χ0v) is 5.55. The molecule has 2 atom stereocenters. The zero-order chi connectivity index (χ0) is 6.57. The average molecular weight is 113 g/mol. The van der Waals surface area contributed by atoms with Crippen molar-refractivity contribution in [3.05, 3.63) is 6.92 Å². The standard InChI is InChI=1S/C7H13O/c1-4-6(2)7(3)5-8/h5-7H,2,4H2,1,3H3. The predicted octanol–water partition coefficient (Wildman–Crippen LogP) is 1.68. The first kappa shape index (κ1) is 7.67. The number of carbonyl (C=O) groups is 1. The van der Waals surface area contributed by atoms with Gasteiger partial charge in [-0.2, -0.15) is 0 Å². The van der Waals surface area contributed by atoms with E-state index in [2.05, 4.69) is 6.92 Å². The van der Waals surface area contributed by atoms with Gasteiger partial charge in [0.25, 0.3) is 0 Å². The van der Waals surface area contributed by atoms with Gasteiger partial charge in [0.1, 0.15) is 6.29 Å². The summed E-state index contributed by atoms with van der Waals surface area (Å²) < 4.78 is 0. The van der Waals surface area contributed by atoms with Crippen LogP contribution in [0, 0.1) is 18.8 Å². The number of aldehydes is 1. The third-order valence-electron chi connectivity index (χ3n) is 1.48. The highest BCUT2D eigenvalue weighted by Crippen LogP contribution is 2.10. The Morgan fingerprint density at radius 2 is 2.25 bits per heavy atom. The fraction of sp³-hybridized carbons (Fsp3) is 0.714. The van der Waals surface area contributed by atoms with Crippen molar-refractivity contribution < 1.29 is 4.79 Å². The third kappa shape index (κ3) is 2.10. The molecule has 1 radical (unpaired) electrons. The molecule has 0 aliphatic rings. The van der Waals surface area contributed by atoms with Gasteiger partial charge < -0.3 is 4.79 Å². The second-order valence-corrected chi connectivity index (χ2v) is 2.16. The van der Waals surface area contributed by atoms with E-state index in [1.165, 1.54) is 0 Å². The Morgan fingerprint density at radius 3 is 2.38 bits per heavy atom. The largest absolute Gasteiger partial charge is 0.303 e. The Morgan fingerprint density at radius 1 is 1.75 bits per heavy atom. The van der Waals surface area contributed by atoms with Gasteiger partial charge in [-0.25, -0.2) is 0 Å². The van der Waals surface area contributed by atoms with Crippen molar-refractivity contribution in [2.75, 3.05) is 0 Å². The van der Waals surface area contributed by atoms with E-state index in [-0.39, 0.29) is 5.92 Å². The fourth-order valence-electron chi connectivity index (χ4n) is 0.483. The van der Waals surface area contributed by atoms with Crippen LogP contribution >= 0.6 is 0 Å². The van der Waals surface area contributed by atoms with Crippen LogP contribution in [0.5, 0.6) is 0 Å². The lowest BCUT2D eigenvalue weighted by Gasteiger charge is -2.09. The SMILES string of the molecule is [CH2]C(CC)C(C)C=O. The number of hydrogen-bond acceptors (Lipinski definition) is 1. The van der Waals surface area contributed by atoms with Gasteiger partial charge in [0.15, 0.2) is 0 Å². The van der Waals surface area contributed by atoms with E-state index in [9.17, 15) is 4.79 Å². The van der Waals surface area contributed by atoms with Crippen LogP contribution in [0.15, 0.2) is 0 Å². The summed E-state index contributed by atoms with van der Waals surface area (Å²) in [7, 11) is 0. The number of hydrogen-bond donors (Lipinski definition) is 0. The minimum Gasteiger partial charge on any atom is -0.303 e. The minimum atomic E-state index is 0.125. The van der Waals surface area contributed by atoms with Crippen LogP contribution in [0.3, 0.4) is 0 Å². The minimum absolute atomic E-state index is 0.125. The highest BCUT2D eigenvalue weighted by molar-refractivity contribution is 5.53. The highest BCUT2D eigenvalue weighted by Gasteiger charge is 2.06. The van der Waals surface area contributed by atoms with Crippen molar-refractivity contribution in [1.82, 2.24) is 0 Å². The molecule has 0 amide bonds. The molecule has 1 nitrogen and oxygen atoms in total. The predicted molar refractivity (Wildman–Crippen MR) is 34.4 cm³/mol. The summed E-state index contributed by atoms with van der Waals surface area (Å²) in [6, 6.07) is 0. The molecule has 8 heavy (non-hydrogen) atoms. The fourth-order valence-corrected chi connectivity index (χ4v) is 0.483. The summed E-state index contributed by atoms with van der Waals surface area (Å²) in [6.07, 6.45) is 1.95. The van der Waals surface area contributed by atoms with Crippen LogP contribution in [0.2, 0.25) is 0 Å². The van der Waals surface area contributed by atoms with Crippen LogP contribution in [-0.2, 0) is 4.79 Å². The van der Waals surface area contributed by atoms with Crippen LogP contribution in [-0.4, -0.2) is 6.29 Å². The van der Waals surface area contributed by atoms with Gasteiger partial charge >= 0.3 is 0 Å². The van der Waals surface area contributed by atoms with Crippen molar-refractivity contribution in [2.24, 2.45) is 11.8 Å². The Balaban J connectivity index is 3.44. The topological polar surface area (TPSA) is 17.1 Å². The molecule has 0 aliphatic heterocycles. The molecule has 0 aromatic carbocycles. The van der Waals surface area contributed by atoms with Gasteiger partial charge in [-0.15, -0.1) is 0 Å². The quantitative estimate of drug-likeness (QED) is 0.509. The van der Waals surface area contributed by atoms with E-state index in [4.69, 9.17) is 0 Å². The van der Waals surface area contributed by atoms with Crippen molar-refractivity contribution in [2.45, 2.75) is 20.3 Å². The summed E-state index contributed by atoms with van der Waals surface area (Å²) in [5, 5.41) is 0. The highest BCUT2D eigenvalue weighted by atomic mass is 16.1. The normalized spacial score (nSPS) is 17.4. The average Bonchev–Trinajstić information content (AvgIpc) is 1.84. The van der Waals surface area contributed by atoms with E-state index in [1.54, 1.807) is 0 Å². The van der Waals surface area contributed by atoms with Gasteiger partial charge in [0.2, 0.25) is 0 Å². The summed E-state index contributed by atoms with van der Waals surface area (Å²) in [4.78, 5) is 10.1. The molecule has 0 spiro atoms. The molecule has 0 rings (SSSR count). The monoisotopic (exact) mass is 113 g/mol. The van der Waals surface area contributed by atoms with E-state index in [1.807, 2.05) is 13.8 Å². The molecule has 0 aromatic heterocycles. The van der Waals surface area contributed by atoms with Crippen molar-refractivity contribution in [3.63, 3.8) is 0 Å². The molecular weight excluding hydrogens is 100 g/mol. The molecule has 0 aromatic rings. The molecule has 0 bridgehead atoms. The van der Waals surface area contributed by atoms with Gasteiger partial charge in [0.05, 0.1) is 0 Å². The van der Waals surface area contributed by atoms with E-state index in [0.29, 0.717) is 5.92 Å². The molecule has 0 saturated carbocycles. The van der Waals surface area contributed by atoms with E-state index >= 15 is 0 Å². The summed E-state index contributed by atoms with van der Waals surface area (Å²) in [6.45, 7) is 7.73. The lowest BCUT2D eigenvalue weighted by molar-refractivity contribution is -0.111. The van der Waals surface area contributed by atoms with Gasteiger partial charge in [0, 0.05) is 5.92 Å². The van der Waals surface area contributed by atoms with Crippen LogP contribution in [0.1, 0.15) is 20.3 Å². The smallest absolute Gasteiger partial charge is 0.123 e. The maximum absolute atomic E-state index is 10.1. The van der Waals surface area contributed by atoms with Crippen LogP contribution in [0.4, 0.5) is 0 Å². The van der Waals surface area contributed by atoms with Crippen LogP contribution in [0.25, 0.3) is 0 Å². The second-order valence-electron chi connectivity index (χ2n) is 2.16. The molecule has 0 saturated heterocycles. The number of rotatable bonds is 3. The number of carbonyl (C=O) groups excluding carboxylic acids is 1. The molecule has 47 valence electrons. The first-order valence-electron chi connectivity index (χ1n) is 3.00.